The van der Waals surface area contributed by atoms with E-state index in [1.54, 1.807) is 0 Å². The topological polar surface area (TPSA) is 64.9 Å². The summed E-state index contributed by atoms with van der Waals surface area (Å²) in [5.74, 6) is 1.000. The summed E-state index contributed by atoms with van der Waals surface area (Å²) in [5.41, 5.74) is 5.57. The summed E-state index contributed by atoms with van der Waals surface area (Å²) < 4.78 is 5.16. The van der Waals surface area contributed by atoms with Gasteiger partial charge < -0.3 is 10.3 Å². The van der Waals surface area contributed by atoms with Crippen LogP contribution < -0.4 is 5.73 Å². The van der Waals surface area contributed by atoms with Gasteiger partial charge in [0.2, 0.25) is 5.89 Å². The maximum Gasteiger partial charge on any atom is 0.260 e. The summed E-state index contributed by atoms with van der Waals surface area (Å²) in [4.78, 5) is 4.14. The number of hydrogen-bond acceptors (Lipinski definition) is 4. The highest BCUT2D eigenvalue weighted by molar-refractivity contribution is 5.16. The second kappa shape index (κ2) is 3.01. The van der Waals surface area contributed by atoms with Crippen molar-refractivity contribution < 1.29 is 4.52 Å². The lowest BCUT2D eigenvalue weighted by Crippen LogP contribution is -2.21. The molecule has 0 radical (unpaired) electrons. The molecule has 4 heteroatoms. The predicted molar refractivity (Wildman–Crippen MR) is 49.1 cm³/mol. The molecule has 72 valence electrons. The van der Waals surface area contributed by atoms with Crippen LogP contribution >= 0.6 is 0 Å². The molecule has 1 aromatic heterocycles. The zero-order valence-electron chi connectivity index (χ0n) is 7.92. The van der Waals surface area contributed by atoms with Crippen molar-refractivity contribution in [2.75, 3.05) is 5.73 Å². The van der Waals surface area contributed by atoms with Crippen LogP contribution in [0.5, 0.6) is 0 Å². The number of nitrogens with two attached hydrogens (primary N) is 1. The van der Waals surface area contributed by atoms with Gasteiger partial charge in [-0.2, -0.15) is 4.98 Å². The molecule has 0 saturated heterocycles. The van der Waals surface area contributed by atoms with Gasteiger partial charge in [0.15, 0.2) is 0 Å². The van der Waals surface area contributed by atoms with Gasteiger partial charge in [-0.1, -0.05) is 19.8 Å². The van der Waals surface area contributed by atoms with Gasteiger partial charge in [-0.05, 0) is 24.4 Å². The number of nitrogens with zero attached hydrogens (tertiary/aromatic N) is 2. The third-order valence-corrected chi connectivity index (χ3v) is 3.13. The number of hydrogen-bond donors (Lipinski definition) is 1. The fraction of sp³-hybridized carbons (Fsp3) is 0.778. The standard InChI is InChI=1S/C9H15N3O/c1-2-9(5-3-4-6-9)7-11-8(10)12-13-7/h2-6H2,1H3,(H2,10,12). The van der Waals surface area contributed by atoms with Crippen molar-refractivity contribution in [3.8, 4) is 0 Å². The van der Waals surface area contributed by atoms with Gasteiger partial charge in [0, 0.05) is 5.41 Å². The lowest BCUT2D eigenvalue weighted by Gasteiger charge is -2.21. The van der Waals surface area contributed by atoms with Crippen LogP contribution in [0.4, 0.5) is 5.95 Å². The molecule has 0 amide bonds. The largest absolute Gasteiger partial charge is 0.365 e. The number of aromatic nitrogens is 2. The van der Waals surface area contributed by atoms with E-state index in [9.17, 15) is 0 Å². The fourth-order valence-corrected chi connectivity index (χ4v) is 2.22. The summed E-state index contributed by atoms with van der Waals surface area (Å²) in [6, 6.07) is 0. The normalized spacial score (nSPS) is 20.7. The third kappa shape index (κ3) is 1.30. The molecule has 1 aromatic rings. The average Bonchev–Trinajstić information content (AvgIpc) is 2.73. The van der Waals surface area contributed by atoms with Crippen molar-refractivity contribution in [3.05, 3.63) is 5.89 Å². The Morgan fingerprint density at radius 2 is 2.15 bits per heavy atom. The van der Waals surface area contributed by atoms with Gasteiger partial charge in [-0.3, -0.25) is 0 Å². The molecular formula is C9H15N3O. The quantitative estimate of drug-likeness (QED) is 0.756. The minimum absolute atomic E-state index is 0.130. The van der Waals surface area contributed by atoms with Crippen LogP contribution in [-0.4, -0.2) is 10.1 Å². The highest BCUT2D eigenvalue weighted by Crippen LogP contribution is 2.42. The van der Waals surface area contributed by atoms with E-state index in [2.05, 4.69) is 17.1 Å². The molecular weight excluding hydrogens is 166 g/mol. The van der Waals surface area contributed by atoms with Crippen molar-refractivity contribution in [2.24, 2.45) is 0 Å². The first-order valence-corrected chi connectivity index (χ1v) is 4.86. The first-order chi connectivity index (χ1) is 6.27. The molecule has 13 heavy (non-hydrogen) atoms. The number of nitrogen functional groups attached to an aromatic ring is 1. The van der Waals surface area contributed by atoms with Gasteiger partial charge in [-0.25, -0.2) is 0 Å². The summed E-state index contributed by atoms with van der Waals surface area (Å²) >= 11 is 0. The average molecular weight is 181 g/mol. The van der Waals surface area contributed by atoms with E-state index in [0.29, 0.717) is 0 Å². The van der Waals surface area contributed by atoms with Gasteiger partial charge in [-0.15, -0.1) is 0 Å². The van der Waals surface area contributed by atoms with Crippen molar-refractivity contribution in [1.29, 1.82) is 0 Å². The summed E-state index contributed by atoms with van der Waals surface area (Å²) in [7, 11) is 0. The van der Waals surface area contributed by atoms with Crippen LogP contribution in [0.2, 0.25) is 0 Å². The Labute approximate surface area is 77.5 Å². The van der Waals surface area contributed by atoms with Gasteiger partial charge in [0.1, 0.15) is 0 Å². The molecule has 4 nitrogen and oxygen atoms in total. The Morgan fingerprint density at radius 3 is 2.62 bits per heavy atom. The van der Waals surface area contributed by atoms with E-state index in [0.717, 1.165) is 25.2 Å². The highest BCUT2D eigenvalue weighted by atomic mass is 16.5. The molecule has 0 spiro atoms. The Bertz CT molecular complexity index is 289. The minimum atomic E-state index is 0.130. The molecule has 0 aliphatic heterocycles. The Hall–Kier alpha value is -1.06. The van der Waals surface area contributed by atoms with Crippen LogP contribution in [0.25, 0.3) is 0 Å². The fourth-order valence-electron chi connectivity index (χ4n) is 2.22. The number of rotatable bonds is 2. The molecule has 0 atom stereocenters. The smallest absolute Gasteiger partial charge is 0.260 e. The molecule has 1 heterocycles. The second-order valence-corrected chi connectivity index (χ2v) is 3.80. The lowest BCUT2D eigenvalue weighted by molar-refractivity contribution is 0.273. The van der Waals surface area contributed by atoms with E-state index in [-0.39, 0.29) is 11.4 Å². The molecule has 0 bridgehead atoms. The molecule has 1 fully saturated rings. The predicted octanol–water partition coefficient (Wildman–Crippen LogP) is 1.87. The van der Waals surface area contributed by atoms with E-state index >= 15 is 0 Å². The molecule has 2 rings (SSSR count). The van der Waals surface area contributed by atoms with Crippen LogP contribution in [0.1, 0.15) is 44.9 Å². The van der Waals surface area contributed by atoms with Crippen molar-refractivity contribution in [2.45, 2.75) is 44.4 Å². The molecule has 1 aliphatic carbocycles. The maximum absolute atomic E-state index is 5.44. The zero-order valence-corrected chi connectivity index (χ0v) is 7.92. The second-order valence-electron chi connectivity index (χ2n) is 3.80. The highest BCUT2D eigenvalue weighted by Gasteiger charge is 2.38. The van der Waals surface area contributed by atoms with Crippen LogP contribution in [-0.2, 0) is 5.41 Å². The monoisotopic (exact) mass is 181 g/mol. The lowest BCUT2D eigenvalue weighted by atomic mass is 9.83. The first-order valence-electron chi connectivity index (χ1n) is 4.86. The molecule has 1 aliphatic rings. The Kier molecular flexibility index (Phi) is 1.98. The van der Waals surface area contributed by atoms with E-state index < -0.39 is 0 Å². The van der Waals surface area contributed by atoms with Gasteiger partial charge in [0.05, 0.1) is 0 Å². The minimum Gasteiger partial charge on any atom is -0.365 e. The Morgan fingerprint density at radius 1 is 1.46 bits per heavy atom. The van der Waals surface area contributed by atoms with Crippen molar-refractivity contribution in [3.63, 3.8) is 0 Å². The number of anilines is 1. The first kappa shape index (κ1) is 8.53. The van der Waals surface area contributed by atoms with E-state index in [1.165, 1.54) is 12.8 Å². The van der Waals surface area contributed by atoms with Gasteiger partial charge in [0.25, 0.3) is 5.95 Å². The summed E-state index contributed by atoms with van der Waals surface area (Å²) in [5, 5.41) is 3.65. The molecule has 0 unspecified atom stereocenters. The van der Waals surface area contributed by atoms with Gasteiger partial charge >= 0.3 is 0 Å². The Balaban J connectivity index is 2.30. The van der Waals surface area contributed by atoms with Crippen LogP contribution in [0, 0.1) is 0 Å². The van der Waals surface area contributed by atoms with Crippen molar-refractivity contribution in [1.82, 2.24) is 10.1 Å². The molecule has 2 N–H and O–H groups in total. The zero-order chi connectivity index (χ0) is 9.31. The van der Waals surface area contributed by atoms with E-state index in [4.69, 9.17) is 10.3 Å². The van der Waals surface area contributed by atoms with Crippen molar-refractivity contribution >= 4 is 5.95 Å². The molecule has 1 saturated carbocycles. The maximum atomic E-state index is 5.44. The van der Waals surface area contributed by atoms with E-state index in [1.807, 2.05) is 0 Å². The van der Waals surface area contributed by atoms with Crippen LogP contribution in [0.3, 0.4) is 0 Å². The summed E-state index contributed by atoms with van der Waals surface area (Å²) in [6.07, 6.45) is 5.90. The molecule has 0 aromatic carbocycles. The SMILES string of the molecule is CCC1(c2nc(N)no2)CCCC1. The summed E-state index contributed by atoms with van der Waals surface area (Å²) in [6.45, 7) is 2.17. The third-order valence-electron chi connectivity index (χ3n) is 3.13. The van der Waals surface area contributed by atoms with Crippen LogP contribution in [0.15, 0.2) is 4.52 Å².